The van der Waals surface area contributed by atoms with Gasteiger partial charge in [-0.15, -0.1) is 0 Å². The fourth-order valence-corrected chi connectivity index (χ4v) is 2.52. The third-order valence-electron chi connectivity index (χ3n) is 3.50. The molecule has 1 saturated carbocycles. The molecule has 3 heteroatoms. The van der Waals surface area contributed by atoms with Crippen LogP contribution in [0.1, 0.15) is 52.9 Å². The number of nitrogens with one attached hydrogen (secondary N) is 1. The van der Waals surface area contributed by atoms with E-state index in [-0.39, 0.29) is 12.3 Å². The number of rotatable bonds is 4. The van der Waals surface area contributed by atoms with Gasteiger partial charge in [-0.2, -0.15) is 0 Å². The molecule has 1 unspecified atom stereocenters. The molecule has 0 aromatic heterocycles. The zero-order chi connectivity index (χ0) is 12.1. The molecular formula is C13H25NO2. The maximum absolute atomic E-state index is 11.5. The first-order chi connectivity index (χ1) is 7.49. The van der Waals surface area contributed by atoms with E-state index in [1.165, 1.54) is 12.8 Å². The highest BCUT2D eigenvalue weighted by molar-refractivity contribution is 5.76. The van der Waals surface area contributed by atoms with E-state index >= 15 is 0 Å². The fraction of sp³-hybridized carbons (Fsp3) is 0.923. The Kier molecular flexibility index (Phi) is 5.26. The zero-order valence-electron chi connectivity index (χ0n) is 10.7. The van der Waals surface area contributed by atoms with Crippen molar-refractivity contribution >= 4 is 5.91 Å². The summed E-state index contributed by atoms with van der Waals surface area (Å²) in [6.45, 7) is 6.16. The Morgan fingerprint density at radius 3 is 2.62 bits per heavy atom. The van der Waals surface area contributed by atoms with Crippen LogP contribution in [-0.4, -0.2) is 23.2 Å². The molecule has 0 bridgehead atoms. The van der Waals surface area contributed by atoms with Gasteiger partial charge >= 0.3 is 0 Å². The van der Waals surface area contributed by atoms with Gasteiger partial charge in [0.2, 0.25) is 5.91 Å². The number of aliphatic hydroxyl groups is 1. The maximum atomic E-state index is 11.5. The molecule has 0 heterocycles. The van der Waals surface area contributed by atoms with Crippen molar-refractivity contribution in [1.29, 1.82) is 0 Å². The molecule has 0 aliphatic heterocycles. The van der Waals surface area contributed by atoms with Crippen molar-refractivity contribution in [3.8, 4) is 0 Å². The first-order valence-corrected chi connectivity index (χ1v) is 6.46. The summed E-state index contributed by atoms with van der Waals surface area (Å²) in [6.07, 6.45) is 4.38. The lowest BCUT2D eigenvalue weighted by molar-refractivity contribution is -0.123. The minimum absolute atomic E-state index is 0.00981. The largest absolute Gasteiger partial charge is 0.393 e. The summed E-state index contributed by atoms with van der Waals surface area (Å²) in [5, 5.41) is 12.2. The zero-order valence-corrected chi connectivity index (χ0v) is 10.7. The number of hydrogen-bond donors (Lipinski definition) is 2. The normalized spacial score (nSPS) is 27.8. The maximum Gasteiger partial charge on any atom is 0.222 e. The summed E-state index contributed by atoms with van der Waals surface area (Å²) < 4.78 is 0. The Bertz CT molecular complexity index is 226. The van der Waals surface area contributed by atoms with E-state index in [4.69, 9.17) is 5.11 Å². The Morgan fingerprint density at radius 1 is 1.38 bits per heavy atom. The second kappa shape index (κ2) is 6.24. The van der Waals surface area contributed by atoms with E-state index in [0.29, 0.717) is 12.0 Å². The lowest BCUT2D eigenvalue weighted by atomic mass is 9.79. The van der Waals surface area contributed by atoms with Crippen LogP contribution in [0.4, 0.5) is 0 Å². The molecule has 1 aliphatic carbocycles. The summed E-state index contributed by atoms with van der Waals surface area (Å²) in [6, 6.07) is 0.326. The highest BCUT2D eigenvalue weighted by Gasteiger charge is 2.25. The van der Waals surface area contributed by atoms with Gasteiger partial charge in [-0.25, -0.2) is 0 Å². The SMILES string of the molecule is CC(O)CC(=O)N[C@@H]1CCC[C@H](C(C)C)C1. The third kappa shape index (κ3) is 4.52. The molecule has 0 saturated heterocycles. The van der Waals surface area contributed by atoms with Gasteiger partial charge in [0.15, 0.2) is 0 Å². The summed E-state index contributed by atoms with van der Waals surface area (Å²) >= 11 is 0. The first-order valence-electron chi connectivity index (χ1n) is 6.46. The van der Waals surface area contributed by atoms with Crippen molar-refractivity contribution in [1.82, 2.24) is 5.32 Å². The van der Waals surface area contributed by atoms with E-state index < -0.39 is 6.10 Å². The van der Waals surface area contributed by atoms with Crippen molar-refractivity contribution in [3.63, 3.8) is 0 Å². The average molecular weight is 227 g/mol. The second-order valence-corrected chi connectivity index (χ2v) is 5.49. The third-order valence-corrected chi connectivity index (χ3v) is 3.50. The van der Waals surface area contributed by atoms with Crippen LogP contribution in [0, 0.1) is 11.8 Å². The van der Waals surface area contributed by atoms with Crippen LogP contribution in [0.3, 0.4) is 0 Å². The molecule has 0 spiro atoms. The van der Waals surface area contributed by atoms with Crippen LogP contribution in [0.15, 0.2) is 0 Å². The number of hydrogen-bond acceptors (Lipinski definition) is 2. The lowest BCUT2D eigenvalue weighted by Gasteiger charge is -2.32. The van der Waals surface area contributed by atoms with Crippen molar-refractivity contribution in [3.05, 3.63) is 0 Å². The molecule has 94 valence electrons. The molecule has 3 nitrogen and oxygen atoms in total. The van der Waals surface area contributed by atoms with E-state index in [0.717, 1.165) is 18.8 Å². The highest BCUT2D eigenvalue weighted by Crippen LogP contribution is 2.29. The number of carbonyl (C=O) groups excluding carboxylic acids is 1. The molecule has 1 rings (SSSR count). The van der Waals surface area contributed by atoms with Crippen LogP contribution in [0.2, 0.25) is 0 Å². The minimum Gasteiger partial charge on any atom is -0.393 e. The molecule has 0 aromatic carbocycles. The van der Waals surface area contributed by atoms with Gasteiger partial charge in [-0.3, -0.25) is 4.79 Å². The summed E-state index contributed by atoms with van der Waals surface area (Å²) in [4.78, 5) is 11.5. The standard InChI is InChI=1S/C13H25NO2/c1-9(2)11-5-4-6-12(8-11)14-13(16)7-10(3)15/h9-12,15H,4-8H2,1-3H3,(H,14,16)/t10?,11-,12+/m0/s1. The molecule has 3 atom stereocenters. The van der Waals surface area contributed by atoms with Crippen LogP contribution >= 0.6 is 0 Å². The van der Waals surface area contributed by atoms with Gasteiger partial charge < -0.3 is 10.4 Å². The van der Waals surface area contributed by atoms with Gasteiger partial charge in [0.25, 0.3) is 0 Å². The van der Waals surface area contributed by atoms with Crippen LogP contribution in [-0.2, 0) is 4.79 Å². The van der Waals surface area contributed by atoms with E-state index in [1.807, 2.05) is 0 Å². The topological polar surface area (TPSA) is 49.3 Å². The predicted molar refractivity (Wildman–Crippen MR) is 65.0 cm³/mol. The molecule has 0 radical (unpaired) electrons. The first kappa shape index (κ1) is 13.5. The molecule has 0 aromatic rings. The summed E-state index contributed by atoms with van der Waals surface area (Å²) in [7, 11) is 0. The van der Waals surface area contributed by atoms with E-state index in [2.05, 4.69) is 19.2 Å². The molecule has 1 amide bonds. The van der Waals surface area contributed by atoms with E-state index in [1.54, 1.807) is 6.92 Å². The monoisotopic (exact) mass is 227 g/mol. The van der Waals surface area contributed by atoms with Crippen molar-refractivity contribution in [2.24, 2.45) is 11.8 Å². The van der Waals surface area contributed by atoms with Gasteiger partial charge in [0.05, 0.1) is 12.5 Å². The Hall–Kier alpha value is -0.570. The summed E-state index contributed by atoms with van der Waals surface area (Å²) in [5.41, 5.74) is 0. The molecule has 1 fully saturated rings. The van der Waals surface area contributed by atoms with Crippen LogP contribution < -0.4 is 5.32 Å². The van der Waals surface area contributed by atoms with Gasteiger partial charge in [-0.05, 0) is 31.6 Å². The van der Waals surface area contributed by atoms with Gasteiger partial charge in [0.1, 0.15) is 0 Å². The Morgan fingerprint density at radius 2 is 2.06 bits per heavy atom. The number of amides is 1. The molecule has 16 heavy (non-hydrogen) atoms. The van der Waals surface area contributed by atoms with Crippen molar-refractivity contribution < 1.29 is 9.90 Å². The number of carbonyl (C=O) groups is 1. The van der Waals surface area contributed by atoms with Crippen LogP contribution in [0.25, 0.3) is 0 Å². The minimum atomic E-state index is -0.538. The molecular weight excluding hydrogens is 202 g/mol. The van der Waals surface area contributed by atoms with Crippen molar-refractivity contribution in [2.45, 2.75) is 65.0 Å². The second-order valence-electron chi connectivity index (χ2n) is 5.49. The molecule has 2 N–H and O–H groups in total. The van der Waals surface area contributed by atoms with E-state index in [9.17, 15) is 4.79 Å². The predicted octanol–water partition coefficient (Wildman–Crippen LogP) is 2.09. The fourth-order valence-electron chi connectivity index (χ4n) is 2.52. The smallest absolute Gasteiger partial charge is 0.222 e. The van der Waals surface area contributed by atoms with Gasteiger partial charge in [-0.1, -0.05) is 26.7 Å². The highest BCUT2D eigenvalue weighted by atomic mass is 16.3. The quantitative estimate of drug-likeness (QED) is 0.772. The van der Waals surface area contributed by atoms with Crippen molar-refractivity contribution in [2.75, 3.05) is 0 Å². The molecule has 1 aliphatic rings. The van der Waals surface area contributed by atoms with Gasteiger partial charge in [0, 0.05) is 6.04 Å². The average Bonchev–Trinajstić information content (AvgIpc) is 2.16. The Labute approximate surface area is 98.6 Å². The Balaban J connectivity index is 2.34. The lowest BCUT2D eigenvalue weighted by Crippen LogP contribution is -2.40. The summed E-state index contributed by atoms with van der Waals surface area (Å²) in [5.74, 6) is 1.44. The number of aliphatic hydroxyl groups excluding tert-OH is 1. The van der Waals surface area contributed by atoms with Crippen LogP contribution in [0.5, 0.6) is 0 Å².